The molecule has 1 aliphatic rings. The number of nitrogens with zero attached hydrogens (tertiary/aromatic N) is 3. The molecule has 0 saturated carbocycles. The molecule has 6 heteroatoms. The fourth-order valence-corrected chi connectivity index (χ4v) is 2.50. The molecule has 0 bridgehead atoms. The summed E-state index contributed by atoms with van der Waals surface area (Å²) in [6.45, 7) is 5.68. The van der Waals surface area contributed by atoms with E-state index in [9.17, 15) is 9.90 Å². The van der Waals surface area contributed by atoms with E-state index in [-0.39, 0.29) is 17.2 Å². The van der Waals surface area contributed by atoms with Crippen molar-refractivity contribution in [2.45, 2.75) is 32.8 Å². The van der Waals surface area contributed by atoms with Gasteiger partial charge in [0.1, 0.15) is 5.82 Å². The molecule has 1 unspecified atom stereocenters. The molecule has 1 aromatic heterocycles. The van der Waals surface area contributed by atoms with Gasteiger partial charge in [0.15, 0.2) is 5.69 Å². The topological polar surface area (TPSA) is 86.5 Å². The number of carboxylic acids is 1. The van der Waals surface area contributed by atoms with Gasteiger partial charge in [-0.05, 0) is 18.3 Å². The predicted octanol–water partition coefficient (Wildman–Crippen LogP) is 1.16. The van der Waals surface area contributed by atoms with Crippen LogP contribution in [-0.2, 0) is 0 Å². The summed E-state index contributed by atoms with van der Waals surface area (Å²) in [4.78, 5) is 20.8. The Morgan fingerprint density at radius 2 is 2.16 bits per heavy atom. The molecule has 0 amide bonds. The van der Waals surface area contributed by atoms with Crippen LogP contribution in [0.15, 0.2) is 12.4 Å². The lowest BCUT2D eigenvalue weighted by molar-refractivity contribution is 0.0690. The number of anilines is 1. The first-order valence-corrected chi connectivity index (χ1v) is 6.36. The molecule has 1 aliphatic heterocycles. The van der Waals surface area contributed by atoms with Gasteiger partial charge in [0.05, 0.1) is 18.5 Å². The monoisotopic (exact) mass is 265 g/mol. The van der Waals surface area contributed by atoms with Crippen molar-refractivity contribution in [1.82, 2.24) is 9.97 Å². The highest BCUT2D eigenvalue weighted by Crippen LogP contribution is 2.30. The van der Waals surface area contributed by atoms with Crippen molar-refractivity contribution in [3.63, 3.8) is 0 Å². The molecule has 104 valence electrons. The van der Waals surface area contributed by atoms with E-state index in [4.69, 9.17) is 5.11 Å². The quantitative estimate of drug-likeness (QED) is 0.834. The van der Waals surface area contributed by atoms with Gasteiger partial charge in [-0.15, -0.1) is 0 Å². The standard InChI is InChI=1S/C13H19N3O3/c1-13(2)5-9(17)3-4-16(8-13)11-7-14-10(6-15-11)12(18)19/h6-7,9,17H,3-5,8H2,1-2H3,(H,18,19). The van der Waals surface area contributed by atoms with E-state index in [1.807, 2.05) is 0 Å². The van der Waals surface area contributed by atoms with Gasteiger partial charge in [-0.2, -0.15) is 0 Å². The number of carboxylic acid groups (broad SMARTS) is 1. The first-order chi connectivity index (χ1) is 8.87. The SMILES string of the molecule is CC1(C)CC(O)CCN(c2cnc(C(=O)O)cn2)C1. The Balaban J connectivity index is 2.18. The van der Waals surface area contributed by atoms with Crippen molar-refractivity contribution in [3.05, 3.63) is 18.1 Å². The number of aromatic carboxylic acids is 1. The van der Waals surface area contributed by atoms with Crippen LogP contribution in [0.1, 0.15) is 37.2 Å². The largest absolute Gasteiger partial charge is 0.476 e. The Hall–Kier alpha value is -1.69. The molecular weight excluding hydrogens is 246 g/mol. The summed E-state index contributed by atoms with van der Waals surface area (Å²) in [6, 6.07) is 0. The fourth-order valence-electron chi connectivity index (χ4n) is 2.50. The molecule has 0 radical (unpaired) electrons. The molecule has 2 heterocycles. The van der Waals surface area contributed by atoms with Crippen LogP contribution in [0.4, 0.5) is 5.82 Å². The van der Waals surface area contributed by atoms with E-state index in [2.05, 4.69) is 28.7 Å². The second kappa shape index (κ2) is 5.13. The average molecular weight is 265 g/mol. The number of rotatable bonds is 2. The van der Waals surface area contributed by atoms with E-state index in [1.165, 1.54) is 12.4 Å². The van der Waals surface area contributed by atoms with Gasteiger partial charge >= 0.3 is 5.97 Å². The highest BCUT2D eigenvalue weighted by molar-refractivity contribution is 5.84. The average Bonchev–Trinajstić information content (AvgIpc) is 2.47. The number of aromatic nitrogens is 2. The normalized spacial score (nSPS) is 22.9. The van der Waals surface area contributed by atoms with Gasteiger partial charge in [0.2, 0.25) is 0 Å². The van der Waals surface area contributed by atoms with Gasteiger partial charge < -0.3 is 15.1 Å². The molecule has 2 N–H and O–H groups in total. The third-order valence-electron chi connectivity index (χ3n) is 3.32. The van der Waals surface area contributed by atoms with Crippen molar-refractivity contribution in [2.75, 3.05) is 18.0 Å². The van der Waals surface area contributed by atoms with Crippen LogP contribution in [0, 0.1) is 5.41 Å². The zero-order chi connectivity index (χ0) is 14.0. The molecule has 1 saturated heterocycles. The lowest BCUT2D eigenvalue weighted by Crippen LogP contribution is -2.33. The molecule has 1 aromatic rings. The molecule has 6 nitrogen and oxygen atoms in total. The maximum Gasteiger partial charge on any atom is 0.356 e. The van der Waals surface area contributed by atoms with E-state index in [1.54, 1.807) is 0 Å². The number of hydrogen-bond donors (Lipinski definition) is 2. The first kappa shape index (κ1) is 13.7. The maximum absolute atomic E-state index is 10.7. The summed E-state index contributed by atoms with van der Waals surface area (Å²) in [5, 5.41) is 18.7. The summed E-state index contributed by atoms with van der Waals surface area (Å²) in [6.07, 6.45) is 3.89. The summed E-state index contributed by atoms with van der Waals surface area (Å²) in [5.74, 6) is -0.419. The van der Waals surface area contributed by atoms with Gasteiger partial charge in [-0.1, -0.05) is 13.8 Å². The second-order valence-electron chi connectivity index (χ2n) is 5.80. The van der Waals surface area contributed by atoms with E-state index >= 15 is 0 Å². The summed E-state index contributed by atoms with van der Waals surface area (Å²) in [7, 11) is 0. The van der Waals surface area contributed by atoms with Crippen LogP contribution in [0.3, 0.4) is 0 Å². The number of aliphatic hydroxyl groups is 1. The second-order valence-corrected chi connectivity index (χ2v) is 5.80. The number of carbonyl (C=O) groups is 1. The Morgan fingerprint density at radius 3 is 2.74 bits per heavy atom. The highest BCUT2D eigenvalue weighted by atomic mass is 16.4. The van der Waals surface area contributed by atoms with Gasteiger partial charge in [0.25, 0.3) is 0 Å². The van der Waals surface area contributed by atoms with Crippen LogP contribution in [-0.4, -0.2) is 45.3 Å². The summed E-state index contributed by atoms with van der Waals surface area (Å²) >= 11 is 0. The van der Waals surface area contributed by atoms with Crippen molar-refractivity contribution in [2.24, 2.45) is 5.41 Å². The number of hydrogen-bond acceptors (Lipinski definition) is 5. The minimum atomic E-state index is -1.08. The highest BCUT2D eigenvalue weighted by Gasteiger charge is 2.29. The summed E-state index contributed by atoms with van der Waals surface area (Å²) < 4.78 is 0. The number of aliphatic hydroxyl groups excluding tert-OH is 1. The fraction of sp³-hybridized carbons (Fsp3) is 0.615. The van der Waals surface area contributed by atoms with E-state index in [0.717, 1.165) is 13.0 Å². The molecular formula is C13H19N3O3. The van der Waals surface area contributed by atoms with Gasteiger partial charge in [-0.25, -0.2) is 14.8 Å². The Kier molecular flexibility index (Phi) is 3.71. The Bertz CT molecular complexity index is 459. The van der Waals surface area contributed by atoms with Crippen LogP contribution in [0.2, 0.25) is 0 Å². The van der Waals surface area contributed by atoms with E-state index in [0.29, 0.717) is 18.8 Å². The minimum absolute atomic E-state index is 0.0108. The molecule has 1 fully saturated rings. The Labute approximate surface area is 112 Å². The van der Waals surface area contributed by atoms with Gasteiger partial charge in [0, 0.05) is 13.1 Å². The zero-order valence-corrected chi connectivity index (χ0v) is 11.2. The lowest BCUT2D eigenvalue weighted by Gasteiger charge is -2.30. The first-order valence-electron chi connectivity index (χ1n) is 6.36. The van der Waals surface area contributed by atoms with Crippen LogP contribution < -0.4 is 4.90 Å². The third-order valence-corrected chi connectivity index (χ3v) is 3.32. The molecule has 2 rings (SSSR count). The minimum Gasteiger partial charge on any atom is -0.476 e. The lowest BCUT2D eigenvalue weighted by atomic mass is 9.87. The van der Waals surface area contributed by atoms with Crippen molar-refractivity contribution >= 4 is 11.8 Å². The van der Waals surface area contributed by atoms with Crippen molar-refractivity contribution in [3.8, 4) is 0 Å². The third kappa shape index (κ3) is 3.41. The maximum atomic E-state index is 10.7. The van der Waals surface area contributed by atoms with Crippen molar-refractivity contribution in [1.29, 1.82) is 0 Å². The van der Waals surface area contributed by atoms with Crippen LogP contribution in [0.5, 0.6) is 0 Å². The van der Waals surface area contributed by atoms with E-state index < -0.39 is 5.97 Å². The molecule has 0 aliphatic carbocycles. The van der Waals surface area contributed by atoms with Crippen LogP contribution in [0.25, 0.3) is 0 Å². The van der Waals surface area contributed by atoms with Crippen molar-refractivity contribution < 1.29 is 15.0 Å². The van der Waals surface area contributed by atoms with Crippen LogP contribution >= 0.6 is 0 Å². The molecule has 0 spiro atoms. The molecule has 19 heavy (non-hydrogen) atoms. The summed E-state index contributed by atoms with van der Waals surface area (Å²) in [5.41, 5.74) is -0.0684. The molecule has 1 atom stereocenters. The molecule has 0 aromatic carbocycles. The zero-order valence-electron chi connectivity index (χ0n) is 11.2. The predicted molar refractivity (Wildman–Crippen MR) is 70.2 cm³/mol. The Morgan fingerprint density at radius 1 is 1.42 bits per heavy atom. The van der Waals surface area contributed by atoms with Gasteiger partial charge in [-0.3, -0.25) is 0 Å². The smallest absolute Gasteiger partial charge is 0.356 e.